The highest BCUT2D eigenvalue weighted by Gasteiger charge is 2.26. The van der Waals surface area contributed by atoms with Gasteiger partial charge in [0.15, 0.2) is 6.29 Å². The molecule has 0 fully saturated rings. The molecule has 0 saturated heterocycles. The van der Waals surface area contributed by atoms with Crippen LogP contribution in [-0.4, -0.2) is 52.2 Å². The zero-order valence-electron chi connectivity index (χ0n) is 9.06. The molecule has 0 bridgehead atoms. The van der Waals surface area contributed by atoms with Crippen LogP contribution in [0.3, 0.4) is 0 Å². The lowest BCUT2D eigenvalue weighted by molar-refractivity contribution is -0.131. The molecule has 5 nitrogen and oxygen atoms in total. The van der Waals surface area contributed by atoms with Gasteiger partial charge in [-0.3, -0.25) is 4.79 Å². The number of hydrogen-bond donors (Lipinski definition) is 2. The summed E-state index contributed by atoms with van der Waals surface area (Å²) in [5.41, 5.74) is 0. The minimum atomic E-state index is -4.32. The van der Waals surface area contributed by atoms with Crippen molar-refractivity contribution in [1.29, 1.82) is 0 Å². The van der Waals surface area contributed by atoms with Gasteiger partial charge in [0.2, 0.25) is 5.91 Å². The van der Waals surface area contributed by atoms with Crippen LogP contribution in [0.2, 0.25) is 0 Å². The number of ether oxygens (including phenoxy) is 2. The number of alkyl halides is 3. The van der Waals surface area contributed by atoms with Gasteiger partial charge in [-0.05, 0) is 0 Å². The maximum Gasteiger partial charge on any atom is 0.401 e. The van der Waals surface area contributed by atoms with E-state index in [1.54, 1.807) is 0 Å². The summed E-state index contributed by atoms with van der Waals surface area (Å²) in [7, 11) is 2.78. The maximum atomic E-state index is 11.7. The summed E-state index contributed by atoms with van der Waals surface area (Å²) in [4.78, 5) is 11.0. The fourth-order valence-corrected chi connectivity index (χ4v) is 0.840. The van der Waals surface area contributed by atoms with Gasteiger partial charge in [0.25, 0.3) is 0 Å². The van der Waals surface area contributed by atoms with Crippen LogP contribution in [0.5, 0.6) is 0 Å². The molecule has 0 rings (SSSR count). The Kier molecular flexibility index (Phi) is 7.02. The van der Waals surface area contributed by atoms with E-state index in [2.05, 4.69) is 5.32 Å². The highest BCUT2D eigenvalue weighted by molar-refractivity contribution is 5.77. The van der Waals surface area contributed by atoms with E-state index in [-0.39, 0.29) is 6.54 Å². The van der Waals surface area contributed by atoms with Crippen LogP contribution in [0.4, 0.5) is 13.2 Å². The molecule has 0 saturated carbocycles. The van der Waals surface area contributed by atoms with Gasteiger partial charge in [0.05, 0.1) is 19.6 Å². The molecule has 0 aliphatic heterocycles. The van der Waals surface area contributed by atoms with E-state index < -0.39 is 31.5 Å². The summed E-state index contributed by atoms with van der Waals surface area (Å²) in [6, 6.07) is 0. The van der Waals surface area contributed by atoms with E-state index in [0.717, 1.165) is 0 Å². The van der Waals surface area contributed by atoms with Crippen LogP contribution in [0.25, 0.3) is 0 Å². The summed E-state index contributed by atoms with van der Waals surface area (Å²) in [5, 5.41) is 4.32. The summed E-state index contributed by atoms with van der Waals surface area (Å²) in [6.45, 7) is -1.52. The second-order valence-corrected chi connectivity index (χ2v) is 2.92. The summed E-state index contributed by atoms with van der Waals surface area (Å²) in [6.07, 6.45) is -4.92. The van der Waals surface area contributed by atoms with E-state index in [1.807, 2.05) is 5.32 Å². The molecule has 1 amide bonds. The third-order valence-electron chi connectivity index (χ3n) is 1.60. The molecule has 8 heteroatoms. The lowest BCUT2D eigenvalue weighted by Crippen LogP contribution is -2.41. The molecule has 0 unspecified atom stereocenters. The quantitative estimate of drug-likeness (QED) is 0.613. The van der Waals surface area contributed by atoms with Crippen molar-refractivity contribution in [2.45, 2.75) is 12.5 Å². The minimum Gasteiger partial charge on any atom is -0.354 e. The van der Waals surface area contributed by atoms with Crippen molar-refractivity contribution >= 4 is 5.91 Å². The van der Waals surface area contributed by atoms with Gasteiger partial charge in [0.1, 0.15) is 0 Å². The Hall–Kier alpha value is -0.860. The molecule has 0 aromatic heterocycles. The van der Waals surface area contributed by atoms with Crippen LogP contribution in [0, 0.1) is 0 Å². The zero-order chi connectivity index (χ0) is 12.6. The van der Waals surface area contributed by atoms with Crippen molar-refractivity contribution < 1.29 is 27.4 Å². The standard InChI is InChI=1S/C8H15F3N2O3/c1-15-7(16-2)4-13-6(14)3-12-5-8(9,10)11/h7,12H,3-5H2,1-2H3,(H,13,14). The fourth-order valence-electron chi connectivity index (χ4n) is 0.840. The minimum absolute atomic E-state index is 0.0829. The van der Waals surface area contributed by atoms with Crippen molar-refractivity contribution in [3.63, 3.8) is 0 Å². The van der Waals surface area contributed by atoms with E-state index in [4.69, 9.17) is 9.47 Å². The number of nitrogens with one attached hydrogen (secondary N) is 2. The van der Waals surface area contributed by atoms with E-state index in [1.165, 1.54) is 14.2 Å². The topological polar surface area (TPSA) is 59.6 Å². The number of halogens is 3. The first kappa shape index (κ1) is 15.1. The maximum absolute atomic E-state index is 11.7. The molecule has 16 heavy (non-hydrogen) atoms. The molecule has 0 aliphatic carbocycles. The second kappa shape index (κ2) is 7.42. The normalized spacial score (nSPS) is 11.9. The zero-order valence-corrected chi connectivity index (χ0v) is 9.06. The molecule has 0 heterocycles. The lowest BCUT2D eigenvalue weighted by atomic mass is 10.5. The third-order valence-corrected chi connectivity index (χ3v) is 1.60. The van der Waals surface area contributed by atoms with Gasteiger partial charge in [-0.2, -0.15) is 13.2 Å². The average molecular weight is 244 g/mol. The van der Waals surface area contributed by atoms with Crippen LogP contribution >= 0.6 is 0 Å². The molecular formula is C8H15F3N2O3. The van der Waals surface area contributed by atoms with E-state index in [9.17, 15) is 18.0 Å². The lowest BCUT2D eigenvalue weighted by Gasteiger charge is -2.14. The molecular weight excluding hydrogens is 229 g/mol. The Bertz CT molecular complexity index is 207. The van der Waals surface area contributed by atoms with Gasteiger partial charge in [-0.25, -0.2) is 0 Å². The SMILES string of the molecule is COC(CNC(=O)CNCC(F)(F)F)OC. The molecule has 0 aromatic carbocycles. The molecule has 96 valence electrons. The Labute approximate surface area is 91.3 Å². The average Bonchev–Trinajstić information content (AvgIpc) is 2.17. The highest BCUT2D eigenvalue weighted by Crippen LogP contribution is 2.11. The summed E-state index contributed by atoms with van der Waals surface area (Å²) in [5.74, 6) is -0.552. The first-order valence-electron chi connectivity index (χ1n) is 4.48. The highest BCUT2D eigenvalue weighted by atomic mass is 19.4. The molecule has 0 aliphatic rings. The number of methoxy groups -OCH3 is 2. The predicted molar refractivity (Wildman–Crippen MR) is 49.7 cm³/mol. The van der Waals surface area contributed by atoms with Gasteiger partial charge in [-0.1, -0.05) is 0 Å². The number of carbonyl (C=O) groups is 1. The first-order valence-corrected chi connectivity index (χ1v) is 4.48. The Morgan fingerprint density at radius 3 is 2.31 bits per heavy atom. The van der Waals surface area contributed by atoms with Crippen LogP contribution in [-0.2, 0) is 14.3 Å². The third kappa shape index (κ3) is 8.45. The van der Waals surface area contributed by atoms with Gasteiger partial charge >= 0.3 is 6.18 Å². The molecule has 0 radical (unpaired) electrons. The molecule has 0 atom stereocenters. The Morgan fingerprint density at radius 2 is 1.88 bits per heavy atom. The fraction of sp³-hybridized carbons (Fsp3) is 0.875. The predicted octanol–water partition coefficient (Wildman–Crippen LogP) is -0.127. The van der Waals surface area contributed by atoms with Crippen LogP contribution < -0.4 is 10.6 Å². The van der Waals surface area contributed by atoms with Crippen molar-refractivity contribution in [3.8, 4) is 0 Å². The van der Waals surface area contributed by atoms with Crippen molar-refractivity contribution in [2.75, 3.05) is 33.9 Å². The largest absolute Gasteiger partial charge is 0.401 e. The van der Waals surface area contributed by atoms with Crippen LogP contribution in [0.1, 0.15) is 0 Å². The first-order chi connectivity index (χ1) is 7.39. The van der Waals surface area contributed by atoms with Crippen LogP contribution in [0.15, 0.2) is 0 Å². The van der Waals surface area contributed by atoms with E-state index in [0.29, 0.717) is 0 Å². The molecule has 0 aromatic rings. The van der Waals surface area contributed by atoms with Crippen molar-refractivity contribution in [1.82, 2.24) is 10.6 Å². The number of hydrogen-bond acceptors (Lipinski definition) is 4. The number of amides is 1. The molecule has 0 spiro atoms. The monoisotopic (exact) mass is 244 g/mol. The number of carbonyl (C=O) groups excluding carboxylic acids is 1. The Balaban J connectivity index is 3.59. The Morgan fingerprint density at radius 1 is 1.31 bits per heavy atom. The van der Waals surface area contributed by atoms with Crippen molar-refractivity contribution in [2.24, 2.45) is 0 Å². The van der Waals surface area contributed by atoms with Crippen molar-refractivity contribution in [3.05, 3.63) is 0 Å². The molecule has 2 N–H and O–H groups in total. The second-order valence-electron chi connectivity index (χ2n) is 2.92. The smallest absolute Gasteiger partial charge is 0.354 e. The van der Waals surface area contributed by atoms with E-state index >= 15 is 0 Å². The summed E-state index contributed by atoms with van der Waals surface area (Å²) >= 11 is 0. The van der Waals surface area contributed by atoms with Gasteiger partial charge < -0.3 is 20.1 Å². The van der Waals surface area contributed by atoms with Gasteiger partial charge in [0, 0.05) is 14.2 Å². The van der Waals surface area contributed by atoms with Gasteiger partial charge in [-0.15, -0.1) is 0 Å². The summed E-state index contributed by atoms with van der Waals surface area (Å²) < 4.78 is 44.6. The number of rotatable bonds is 7.